The molecule has 0 atom stereocenters. The molecule has 0 radical (unpaired) electrons. The number of rotatable bonds is 7. The molecule has 1 amide bonds. The molecule has 2 fully saturated rings. The summed E-state index contributed by atoms with van der Waals surface area (Å²) in [7, 11) is -2.32. The van der Waals surface area contributed by atoms with Crippen LogP contribution in [0.5, 0.6) is 5.75 Å². The highest BCUT2D eigenvalue weighted by Gasteiger charge is 2.29. The van der Waals surface area contributed by atoms with Crippen molar-refractivity contribution >= 4 is 15.9 Å². The number of nitrogens with zero attached hydrogens (tertiary/aromatic N) is 4. The van der Waals surface area contributed by atoms with Crippen LogP contribution in [0.4, 0.5) is 0 Å². The first-order chi connectivity index (χ1) is 14.5. The third kappa shape index (κ3) is 4.34. The molecule has 2 heterocycles. The Balaban J connectivity index is 1.54. The van der Waals surface area contributed by atoms with Crippen molar-refractivity contribution in [1.29, 1.82) is 0 Å². The van der Waals surface area contributed by atoms with Gasteiger partial charge in [0.2, 0.25) is 10.0 Å². The number of hydrogen-bond acceptors (Lipinski definition) is 6. The maximum absolute atomic E-state index is 13.3. The Labute approximate surface area is 176 Å². The summed E-state index contributed by atoms with van der Waals surface area (Å²) in [6.07, 6.45) is 7.59. The number of carbonyl (C=O) groups excluding carboxylic acids is 1. The molecule has 10 heteroatoms. The van der Waals surface area contributed by atoms with Crippen LogP contribution in [-0.2, 0) is 16.6 Å². The second-order valence-corrected chi connectivity index (χ2v) is 9.66. The van der Waals surface area contributed by atoms with Gasteiger partial charge in [0.25, 0.3) is 5.91 Å². The Kier molecular flexibility index (Phi) is 6.05. The molecule has 1 aliphatic carbocycles. The molecule has 2 aliphatic rings. The van der Waals surface area contributed by atoms with Crippen molar-refractivity contribution in [2.24, 2.45) is 0 Å². The summed E-state index contributed by atoms with van der Waals surface area (Å²) in [6.45, 7) is 1.20. The van der Waals surface area contributed by atoms with Crippen LogP contribution in [0.2, 0.25) is 0 Å². The Morgan fingerprint density at radius 2 is 1.93 bits per heavy atom. The number of nitrogens with one attached hydrogen (secondary N) is 1. The van der Waals surface area contributed by atoms with Crippen molar-refractivity contribution in [3.8, 4) is 5.75 Å². The number of hydrogen-bond donors (Lipinski definition) is 1. The molecule has 1 N–H and O–H groups in total. The van der Waals surface area contributed by atoms with Gasteiger partial charge in [0.1, 0.15) is 17.0 Å². The molecule has 9 nitrogen and oxygen atoms in total. The van der Waals surface area contributed by atoms with E-state index in [9.17, 15) is 13.2 Å². The lowest BCUT2D eigenvalue weighted by Gasteiger charge is -2.21. The smallest absolute Gasteiger partial charge is 0.251 e. The SMILES string of the molecule is COc1ccc(C(=O)NCc2nncn2C2CC2)cc1S(=O)(=O)N1CCCCCC1. The minimum absolute atomic E-state index is 0.0284. The quantitative estimate of drug-likeness (QED) is 0.717. The van der Waals surface area contributed by atoms with Crippen LogP contribution >= 0.6 is 0 Å². The predicted octanol–water partition coefficient (Wildman–Crippen LogP) is 2.12. The fraction of sp³-hybridized carbons (Fsp3) is 0.550. The average Bonchev–Trinajstić information content (AvgIpc) is 3.55. The van der Waals surface area contributed by atoms with Gasteiger partial charge in [-0.15, -0.1) is 10.2 Å². The van der Waals surface area contributed by atoms with Gasteiger partial charge in [0.15, 0.2) is 5.82 Å². The molecule has 162 valence electrons. The summed E-state index contributed by atoms with van der Waals surface area (Å²) in [4.78, 5) is 12.8. The molecule has 1 saturated heterocycles. The number of sulfonamides is 1. The van der Waals surface area contributed by atoms with E-state index in [-0.39, 0.29) is 28.7 Å². The van der Waals surface area contributed by atoms with E-state index in [1.807, 2.05) is 4.57 Å². The van der Waals surface area contributed by atoms with E-state index in [0.29, 0.717) is 25.0 Å². The van der Waals surface area contributed by atoms with E-state index >= 15 is 0 Å². The molecule has 1 aromatic heterocycles. The monoisotopic (exact) mass is 433 g/mol. The molecular formula is C20H27N5O4S. The third-order valence-corrected chi connectivity index (χ3v) is 7.52. The van der Waals surface area contributed by atoms with E-state index < -0.39 is 10.0 Å². The summed E-state index contributed by atoms with van der Waals surface area (Å²) in [5, 5.41) is 10.8. The molecule has 0 spiro atoms. The van der Waals surface area contributed by atoms with Crippen molar-refractivity contribution in [3.63, 3.8) is 0 Å². The Morgan fingerprint density at radius 1 is 1.20 bits per heavy atom. The maximum Gasteiger partial charge on any atom is 0.251 e. The van der Waals surface area contributed by atoms with Gasteiger partial charge in [0, 0.05) is 24.7 Å². The largest absolute Gasteiger partial charge is 0.495 e. The highest BCUT2D eigenvalue weighted by molar-refractivity contribution is 7.89. The molecule has 1 saturated carbocycles. The normalized spacial score (nSPS) is 18.0. The van der Waals surface area contributed by atoms with Crippen molar-refractivity contribution < 1.29 is 17.9 Å². The van der Waals surface area contributed by atoms with Crippen molar-refractivity contribution in [1.82, 2.24) is 24.4 Å². The number of ether oxygens (including phenoxy) is 1. The summed E-state index contributed by atoms with van der Waals surface area (Å²) < 4.78 is 35.3. The summed E-state index contributed by atoms with van der Waals surface area (Å²) in [6, 6.07) is 4.92. The van der Waals surface area contributed by atoms with E-state index in [0.717, 1.165) is 38.5 Å². The zero-order valence-electron chi connectivity index (χ0n) is 17.1. The minimum Gasteiger partial charge on any atom is -0.495 e. The lowest BCUT2D eigenvalue weighted by molar-refractivity contribution is 0.0949. The first kappa shape index (κ1) is 20.8. The van der Waals surface area contributed by atoms with Gasteiger partial charge in [0.05, 0.1) is 13.7 Å². The van der Waals surface area contributed by atoms with Gasteiger partial charge in [-0.3, -0.25) is 4.79 Å². The predicted molar refractivity (Wildman–Crippen MR) is 110 cm³/mol. The molecule has 30 heavy (non-hydrogen) atoms. The van der Waals surface area contributed by atoms with Gasteiger partial charge in [-0.1, -0.05) is 12.8 Å². The van der Waals surface area contributed by atoms with Gasteiger partial charge in [-0.25, -0.2) is 8.42 Å². The summed E-state index contributed by atoms with van der Waals surface area (Å²) in [5.41, 5.74) is 0.265. The maximum atomic E-state index is 13.3. The fourth-order valence-corrected chi connectivity index (χ4v) is 5.45. The first-order valence-electron chi connectivity index (χ1n) is 10.4. The number of benzene rings is 1. The fourth-order valence-electron chi connectivity index (χ4n) is 3.75. The van der Waals surface area contributed by atoms with Crippen molar-refractivity contribution in [2.75, 3.05) is 20.2 Å². The van der Waals surface area contributed by atoms with Gasteiger partial charge in [-0.05, 0) is 43.9 Å². The van der Waals surface area contributed by atoms with E-state index in [1.165, 1.54) is 23.5 Å². The second kappa shape index (κ2) is 8.73. The van der Waals surface area contributed by atoms with Crippen LogP contribution in [0, 0.1) is 0 Å². The minimum atomic E-state index is -3.75. The zero-order chi connectivity index (χ0) is 21.1. The Bertz CT molecular complexity index is 1010. The van der Waals surface area contributed by atoms with Crippen LogP contribution < -0.4 is 10.1 Å². The van der Waals surface area contributed by atoms with Crippen molar-refractivity contribution in [3.05, 3.63) is 35.9 Å². The number of methoxy groups -OCH3 is 1. The topological polar surface area (TPSA) is 106 Å². The first-order valence-corrected chi connectivity index (χ1v) is 11.8. The van der Waals surface area contributed by atoms with Crippen LogP contribution in [0.1, 0.15) is 60.7 Å². The van der Waals surface area contributed by atoms with Crippen LogP contribution in [-0.4, -0.2) is 53.6 Å². The number of carbonyl (C=O) groups is 1. The van der Waals surface area contributed by atoms with E-state index in [4.69, 9.17) is 4.74 Å². The zero-order valence-corrected chi connectivity index (χ0v) is 17.9. The molecule has 0 unspecified atom stereocenters. The lowest BCUT2D eigenvalue weighted by atomic mass is 10.2. The highest BCUT2D eigenvalue weighted by atomic mass is 32.2. The lowest BCUT2D eigenvalue weighted by Crippen LogP contribution is -2.32. The van der Waals surface area contributed by atoms with Gasteiger partial charge >= 0.3 is 0 Å². The van der Waals surface area contributed by atoms with Gasteiger partial charge in [-0.2, -0.15) is 4.31 Å². The second-order valence-electron chi connectivity index (χ2n) is 7.75. The van der Waals surface area contributed by atoms with Crippen LogP contribution in [0.3, 0.4) is 0 Å². The molecule has 1 aromatic carbocycles. The molecular weight excluding hydrogens is 406 g/mol. The average molecular weight is 434 g/mol. The number of amides is 1. The van der Waals surface area contributed by atoms with Crippen LogP contribution in [0.15, 0.2) is 29.4 Å². The molecule has 1 aliphatic heterocycles. The molecule has 0 bridgehead atoms. The molecule has 4 rings (SSSR count). The Hall–Kier alpha value is -2.46. The van der Waals surface area contributed by atoms with E-state index in [2.05, 4.69) is 15.5 Å². The van der Waals surface area contributed by atoms with E-state index in [1.54, 1.807) is 12.4 Å². The third-order valence-electron chi connectivity index (χ3n) is 5.60. The summed E-state index contributed by atoms with van der Waals surface area (Å²) >= 11 is 0. The standard InChI is InChI=1S/C20H27N5O4S/c1-29-17-9-6-15(12-18(17)30(27,28)24-10-4-2-3-5-11-24)20(26)21-13-19-23-22-14-25(19)16-7-8-16/h6,9,12,14,16H,2-5,7-8,10-11,13H2,1H3,(H,21,26). The highest BCUT2D eigenvalue weighted by Crippen LogP contribution is 2.35. The Morgan fingerprint density at radius 3 is 2.60 bits per heavy atom. The van der Waals surface area contributed by atoms with Crippen LogP contribution in [0.25, 0.3) is 0 Å². The van der Waals surface area contributed by atoms with Crippen molar-refractivity contribution in [2.45, 2.75) is 56.0 Å². The number of aromatic nitrogens is 3. The molecule has 2 aromatic rings. The summed E-state index contributed by atoms with van der Waals surface area (Å²) in [5.74, 6) is 0.566. The van der Waals surface area contributed by atoms with Gasteiger partial charge < -0.3 is 14.6 Å².